The summed E-state index contributed by atoms with van der Waals surface area (Å²) in [6, 6.07) is 12.0. The van der Waals surface area contributed by atoms with Gasteiger partial charge in [0.25, 0.3) is 10.0 Å². The highest BCUT2D eigenvalue weighted by molar-refractivity contribution is 7.92. The molecule has 0 spiro atoms. The Balaban J connectivity index is 1.94. The molecule has 3 rings (SSSR count). The Morgan fingerprint density at radius 1 is 1.12 bits per heavy atom. The van der Waals surface area contributed by atoms with Crippen LogP contribution in [0, 0.1) is 19.7 Å². The minimum Gasteiger partial charge on any atom is -0.455 e. The molecule has 2 aromatic carbocycles. The van der Waals surface area contributed by atoms with Crippen molar-refractivity contribution in [3.63, 3.8) is 0 Å². The molecule has 8 heteroatoms. The number of anilines is 1. The van der Waals surface area contributed by atoms with Crippen molar-refractivity contribution in [2.45, 2.75) is 18.7 Å². The van der Waals surface area contributed by atoms with Crippen molar-refractivity contribution in [2.75, 3.05) is 4.72 Å². The monoisotopic (exact) mass is 362 g/mol. The number of ether oxygens (including phenoxy) is 1. The Morgan fingerprint density at radius 3 is 2.56 bits per heavy atom. The zero-order valence-corrected chi connectivity index (χ0v) is 14.3. The molecule has 25 heavy (non-hydrogen) atoms. The number of hydrogen-bond acceptors (Lipinski definition) is 5. The molecule has 0 aliphatic heterocycles. The van der Waals surface area contributed by atoms with Crippen LogP contribution in [-0.2, 0) is 10.0 Å². The van der Waals surface area contributed by atoms with Crippen LogP contribution < -0.4 is 9.46 Å². The molecular formula is C17H15FN2O4S. The van der Waals surface area contributed by atoms with Crippen molar-refractivity contribution < 1.29 is 22.1 Å². The summed E-state index contributed by atoms with van der Waals surface area (Å²) >= 11 is 0. The van der Waals surface area contributed by atoms with Crippen LogP contribution in [0.2, 0.25) is 0 Å². The number of para-hydroxylation sites is 2. The van der Waals surface area contributed by atoms with Crippen molar-refractivity contribution in [3.8, 4) is 11.5 Å². The van der Waals surface area contributed by atoms with Crippen LogP contribution in [0.5, 0.6) is 11.5 Å². The van der Waals surface area contributed by atoms with Gasteiger partial charge < -0.3 is 9.26 Å². The lowest BCUT2D eigenvalue weighted by Gasteiger charge is -2.13. The van der Waals surface area contributed by atoms with E-state index < -0.39 is 15.8 Å². The zero-order valence-electron chi connectivity index (χ0n) is 13.5. The van der Waals surface area contributed by atoms with Crippen LogP contribution in [0.25, 0.3) is 0 Å². The van der Waals surface area contributed by atoms with Gasteiger partial charge in [0, 0.05) is 6.07 Å². The SMILES string of the molecule is Cc1noc(C)c1S(=O)(=O)Nc1ccccc1Oc1cccc(F)c1. The molecule has 0 unspecified atom stereocenters. The van der Waals surface area contributed by atoms with Crippen molar-refractivity contribution in [3.05, 3.63) is 65.8 Å². The molecule has 3 aromatic rings. The quantitative estimate of drug-likeness (QED) is 0.741. The van der Waals surface area contributed by atoms with Gasteiger partial charge >= 0.3 is 0 Å². The molecule has 0 saturated heterocycles. The maximum Gasteiger partial charge on any atom is 0.267 e. The predicted molar refractivity (Wildman–Crippen MR) is 89.7 cm³/mol. The molecule has 0 amide bonds. The molecule has 0 fully saturated rings. The molecule has 130 valence electrons. The standard InChI is InChI=1S/C17H15FN2O4S/c1-11-17(12(2)24-19-11)25(21,22)20-15-8-3-4-9-16(15)23-14-7-5-6-13(18)10-14/h3-10,20H,1-2H3. The van der Waals surface area contributed by atoms with Gasteiger partial charge in [-0.3, -0.25) is 4.72 Å². The topological polar surface area (TPSA) is 81.4 Å². The normalized spacial score (nSPS) is 11.3. The van der Waals surface area contributed by atoms with Gasteiger partial charge in [-0.15, -0.1) is 0 Å². The number of aromatic nitrogens is 1. The van der Waals surface area contributed by atoms with Gasteiger partial charge in [-0.25, -0.2) is 12.8 Å². The Bertz CT molecular complexity index is 995. The molecule has 1 heterocycles. The van der Waals surface area contributed by atoms with E-state index in [0.29, 0.717) is 0 Å². The Kier molecular flexibility index (Phi) is 4.45. The van der Waals surface area contributed by atoms with E-state index in [1.807, 2.05) is 0 Å². The third-order valence-electron chi connectivity index (χ3n) is 3.39. The number of hydrogen-bond donors (Lipinski definition) is 1. The summed E-state index contributed by atoms with van der Waals surface area (Å²) < 4.78 is 51.6. The van der Waals surface area contributed by atoms with Crippen LogP contribution in [-0.4, -0.2) is 13.6 Å². The van der Waals surface area contributed by atoms with Crippen LogP contribution in [0.4, 0.5) is 10.1 Å². The van der Waals surface area contributed by atoms with Crippen LogP contribution in [0.3, 0.4) is 0 Å². The Morgan fingerprint density at radius 2 is 1.88 bits per heavy atom. The van der Waals surface area contributed by atoms with Crippen LogP contribution in [0.15, 0.2) is 57.9 Å². The third kappa shape index (κ3) is 3.63. The van der Waals surface area contributed by atoms with Gasteiger partial charge in [0.05, 0.1) is 5.69 Å². The van der Waals surface area contributed by atoms with Crippen molar-refractivity contribution >= 4 is 15.7 Å². The maximum absolute atomic E-state index is 13.3. The number of nitrogens with one attached hydrogen (secondary N) is 1. The van der Waals surface area contributed by atoms with Gasteiger partial charge in [-0.1, -0.05) is 23.4 Å². The van der Waals surface area contributed by atoms with E-state index in [1.165, 1.54) is 25.1 Å². The lowest BCUT2D eigenvalue weighted by Crippen LogP contribution is -2.15. The first-order chi connectivity index (χ1) is 11.9. The van der Waals surface area contributed by atoms with Crippen molar-refractivity contribution in [1.82, 2.24) is 5.16 Å². The summed E-state index contributed by atoms with van der Waals surface area (Å²) in [4.78, 5) is -0.0203. The average Bonchev–Trinajstić information content (AvgIpc) is 2.89. The van der Waals surface area contributed by atoms with Gasteiger partial charge in [0.15, 0.2) is 16.4 Å². The van der Waals surface area contributed by atoms with Gasteiger partial charge in [-0.05, 0) is 38.1 Å². The first-order valence-corrected chi connectivity index (χ1v) is 8.83. The lowest BCUT2D eigenvalue weighted by molar-refractivity contribution is 0.390. The number of benzene rings is 2. The summed E-state index contributed by atoms with van der Waals surface area (Å²) in [6.45, 7) is 3.06. The lowest BCUT2D eigenvalue weighted by atomic mass is 10.3. The second kappa shape index (κ2) is 6.56. The second-order valence-electron chi connectivity index (χ2n) is 5.31. The molecule has 0 atom stereocenters. The molecule has 0 aliphatic rings. The average molecular weight is 362 g/mol. The van der Waals surface area contributed by atoms with E-state index in [2.05, 4.69) is 9.88 Å². The number of sulfonamides is 1. The number of nitrogens with zero attached hydrogens (tertiary/aromatic N) is 1. The molecule has 6 nitrogen and oxygen atoms in total. The summed E-state index contributed by atoms with van der Waals surface area (Å²) in [7, 11) is -3.91. The van der Waals surface area contributed by atoms with Gasteiger partial charge in [0.2, 0.25) is 0 Å². The van der Waals surface area contributed by atoms with E-state index in [1.54, 1.807) is 37.3 Å². The fourth-order valence-electron chi connectivity index (χ4n) is 2.35. The molecule has 1 N–H and O–H groups in total. The first-order valence-electron chi connectivity index (χ1n) is 7.35. The van der Waals surface area contributed by atoms with E-state index in [-0.39, 0.29) is 33.5 Å². The van der Waals surface area contributed by atoms with E-state index in [9.17, 15) is 12.8 Å². The number of rotatable bonds is 5. The van der Waals surface area contributed by atoms with Gasteiger partial charge in [0.1, 0.15) is 17.3 Å². The highest BCUT2D eigenvalue weighted by Crippen LogP contribution is 2.32. The van der Waals surface area contributed by atoms with E-state index >= 15 is 0 Å². The highest BCUT2D eigenvalue weighted by Gasteiger charge is 2.25. The number of aryl methyl sites for hydroxylation is 2. The first kappa shape index (κ1) is 17.0. The number of halogens is 1. The molecule has 0 radical (unpaired) electrons. The Labute approximate surface area is 144 Å². The summed E-state index contributed by atoms with van der Waals surface area (Å²) in [5, 5.41) is 3.66. The van der Waals surface area contributed by atoms with Gasteiger partial charge in [-0.2, -0.15) is 0 Å². The highest BCUT2D eigenvalue weighted by atomic mass is 32.2. The third-order valence-corrected chi connectivity index (χ3v) is 5.00. The molecule has 0 aliphatic carbocycles. The van der Waals surface area contributed by atoms with Crippen LogP contribution in [0.1, 0.15) is 11.5 Å². The van der Waals surface area contributed by atoms with E-state index in [4.69, 9.17) is 9.26 Å². The van der Waals surface area contributed by atoms with E-state index in [0.717, 1.165) is 0 Å². The molecule has 1 aromatic heterocycles. The molecule has 0 saturated carbocycles. The summed E-state index contributed by atoms with van der Waals surface area (Å²) in [5.74, 6) is 0.229. The fraction of sp³-hybridized carbons (Fsp3) is 0.118. The fourth-order valence-corrected chi connectivity index (χ4v) is 3.75. The smallest absolute Gasteiger partial charge is 0.267 e. The van der Waals surface area contributed by atoms with Crippen molar-refractivity contribution in [2.24, 2.45) is 0 Å². The largest absolute Gasteiger partial charge is 0.455 e. The maximum atomic E-state index is 13.3. The van der Waals surface area contributed by atoms with Crippen molar-refractivity contribution in [1.29, 1.82) is 0 Å². The summed E-state index contributed by atoms with van der Waals surface area (Å²) in [5.41, 5.74) is 0.472. The predicted octanol–water partition coefficient (Wildman–Crippen LogP) is 4.02. The Hall–Kier alpha value is -2.87. The minimum absolute atomic E-state index is 0.0203. The molecule has 0 bridgehead atoms. The molecular weight excluding hydrogens is 347 g/mol. The summed E-state index contributed by atoms with van der Waals surface area (Å²) in [6.07, 6.45) is 0. The minimum atomic E-state index is -3.91. The second-order valence-corrected chi connectivity index (χ2v) is 6.93. The zero-order chi connectivity index (χ0) is 18.0. The van der Waals surface area contributed by atoms with Crippen LogP contribution >= 0.6 is 0 Å².